The van der Waals surface area contributed by atoms with Crippen molar-refractivity contribution in [3.8, 4) is 6.07 Å². The van der Waals surface area contributed by atoms with E-state index in [-0.39, 0.29) is 35.7 Å². The molecule has 2 amide bonds. The fourth-order valence-corrected chi connectivity index (χ4v) is 4.92. The Morgan fingerprint density at radius 1 is 1.03 bits per heavy atom. The van der Waals surface area contributed by atoms with Gasteiger partial charge in [0.25, 0.3) is 5.91 Å². The van der Waals surface area contributed by atoms with E-state index in [0.717, 1.165) is 0 Å². The number of sulfonamides is 1. The summed E-state index contributed by atoms with van der Waals surface area (Å²) in [7, 11) is -3.75. The number of rotatable bonds is 8. The molecule has 2 aromatic carbocycles. The quantitative estimate of drug-likeness (QED) is 0.519. The standard InChI is InChI=1S/C23H24N4O7S/c1-16-2-5-19(14-20(16)35(31,32)27-10-12-33-13-11-27)26-22(29)15-34-23(30)17-3-6-18(7-4-17)25-21(28)8-9-24/h2-7,14H,8,10-13,15H2,1H3,(H,25,28)(H,26,29). The summed E-state index contributed by atoms with van der Waals surface area (Å²) in [6.45, 7) is 2.22. The van der Waals surface area contributed by atoms with Gasteiger partial charge >= 0.3 is 5.97 Å². The van der Waals surface area contributed by atoms with E-state index in [1.807, 2.05) is 0 Å². The van der Waals surface area contributed by atoms with E-state index in [1.165, 1.54) is 34.6 Å². The highest BCUT2D eigenvalue weighted by atomic mass is 32.2. The van der Waals surface area contributed by atoms with Crippen LogP contribution in [-0.4, -0.2) is 63.4 Å². The Bertz CT molecular complexity index is 1250. The van der Waals surface area contributed by atoms with E-state index < -0.39 is 34.4 Å². The molecule has 3 rings (SSSR count). The lowest BCUT2D eigenvalue weighted by atomic mass is 10.2. The minimum absolute atomic E-state index is 0.0798. The second-order valence-electron chi connectivity index (χ2n) is 7.58. The number of carbonyl (C=O) groups is 3. The molecule has 0 unspecified atom stereocenters. The average Bonchev–Trinajstić information content (AvgIpc) is 2.85. The zero-order valence-corrected chi connectivity index (χ0v) is 19.8. The van der Waals surface area contributed by atoms with E-state index in [1.54, 1.807) is 25.1 Å². The molecule has 35 heavy (non-hydrogen) atoms. The van der Waals surface area contributed by atoms with Crippen molar-refractivity contribution in [2.75, 3.05) is 43.5 Å². The molecular formula is C23H24N4O7S. The van der Waals surface area contributed by atoms with Crippen molar-refractivity contribution in [2.24, 2.45) is 0 Å². The summed E-state index contributed by atoms with van der Waals surface area (Å²) in [5.41, 5.74) is 1.35. The van der Waals surface area contributed by atoms with Crippen LogP contribution >= 0.6 is 0 Å². The number of hydrogen-bond acceptors (Lipinski definition) is 8. The highest BCUT2D eigenvalue weighted by molar-refractivity contribution is 7.89. The van der Waals surface area contributed by atoms with Crippen LogP contribution in [0.1, 0.15) is 22.3 Å². The van der Waals surface area contributed by atoms with Crippen molar-refractivity contribution in [1.82, 2.24) is 4.31 Å². The van der Waals surface area contributed by atoms with Gasteiger partial charge < -0.3 is 20.1 Å². The third-order valence-corrected chi connectivity index (χ3v) is 7.08. The largest absolute Gasteiger partial charge is 0.452 e. The maximum Gasteiger partial charge on any atom is 0.338 e. The molecule has 1 aliphatic heterocycles. The zero-order valence-electron chi connectivity index (χ0n) is 18.9. The first-order valence-corrected chi connectivity index (χ1v) is 12.1. The third kappa shape index (κ3) is 6.86. The van der Waals surface area contributed by atoms with E-state index in [4.69, 9.17) is 14.7 Å². The van der Waals surface area contributed by atoms with Crippen LogP contribution < -0.4 is 10.6 Å². The minimum atomic E-state index is -3.75. The highest BCUT2D eigenvalue weighted by Crippen LogP contribution is 2.24. The van der Waals surface area contributed by atoms with Crippen LogP contribution in [0.2, 0.25) is 0 Å². The van der Waals surface area contributed by atoms with Gasteiger partial charge in [0.05, 0.1) is 29.7 Å². The maximum atomic E-state index is 13.0. The zero-order chi connectivity index (χ0) is 25.4. The molecule has 11 nitrogen and oxygen atoms in total. The fourth-order valence-electron chi connectivity index (χ4n) is 3.26. The first-order chi connectivity index (χ1) is 16.7. The molecule has 1 aliphatic rings. The van der Waals surface area contributed by atoms with Crippen LogP contribution in [0.3, 0.4) is 0 Å². The molecule has 12 heteroatoms. The average molecular weight is 501 g/mol. The topological polar surface area (TPSA) is 155 Å². The smallest absolute Gasteiger partial charge is 0.338 e. The van der Waals surface area contributed by atoms with Crippen molar-refractivity contribution < 1.29 is 32.3 Å². The summed E-state index contributed by atoms with van der Waals surface area (Å²) in [6.07, 6.45) is -0.291. The predicted molar refractivity (Wildman–Crippen MR) is 125 cm³/mol. The van der Waals surface area contributed by atoms with Gasteiger partial charge in [-0.1, -0.05) is 6.07 Å². The van der Waals surface area contributed by atoms with Crippen LogP contribution in [0.4, 0.5) is 11.4 Å². The van der Waals surface area contributed by atoms with Crippen molar-refractivity contribution >= 4 is 39.2 Å². The lowest BCUT2D eigenvalue weighted by Gasteiger charge is -2.26. The molecule has 1 fully saturated rings. The first kappa shape index (κ1) is 25.8. The number of aryl methyl sites for hydroxylation is 1. The molecule has 1 heterocycles. The van der Waals surface area contributed by atoms with Crippen molar-refractivity contribution in [2.45, 2.75) is 18.2 Å². The summed E-state index contributed by atoms with van der Waals surface area (Å²) in [6, 6.07) is 12.0. The second kappa shape index (κ2) is 11.6. The normalized spacial score (nSPS) is 13.9. The Kier molecular flexibility index (Phi) is 8.53. The van der Waals surface area contributed by atoms with Crippen LogP contribution in [0.5, 0.6) is 0 Å². The van der Waals surface area contributed by atoms with Gasteiger partial charge in [-0.2, -0.15) is 9.57 Å². The van der Waals surface area contributed by atoms with Crippen molar-refractivity contribution in [1.29, 1.82) is 5.26 Å². The Hall–Kier alpha value is -3.79. The molecule has 0 aromatic heterocycles. The summed E-state index contributed by atoms with van der Waals surface area (Å²) in [5.74, 6) is -1.87. The molecular weight excluding hydrogens is 476 g/mol. The predicted octanol–water partition coefficient (Wildman–Crippen LogP) is 1.66. The number of carbonyl (C=O) groups excluding carboxylic acids is 3. The van der Waals surface area contributed by atoms with E-state index >= 15 is 0 Å². The Morgan fingerprint density at radius 2 is 1.66 bits per heavy atom. The Morgan fingerprint density at radius 3 is 2.31 bits per heavy atom. The molecule has 0 radical (unpaired) electrons. The first-order valence-electron chi connectivity index (χ1n) is 10.6. The molecule has 0 spiro atoms. The number of hydrogen-bond donors (Lipinski definition) is 2. The van der Waals surface area contributed by atoms with Crippen molar-refractivity contribution in [3.05, 3.63) is 53.6 Å². The van der Waals surface area contributed by atoms with Gasteiger partial charge in [0, 0.05) is 24.5 Å². The van der Waals surface area contributed by atoms with Gasteiger partial charge in [0.2, 0.25) is 15.9 Å². The fraction of sp³-hybridized carbons (Fsp3) is 0.304. The van der Waals surface area contributed by atoms with Crippen molar-refractivity contribution in [3.63, 3.8) is 0 Å². The molecule has 1 saturated heterocycles. The molecule has 0 atom stereocenters. The monoisotopic (exact) mass is 500 g/mol. The van der Waals surface area contributed by atoms with E-state index in [0.29, 0.717) is 24.5 Å². The number of anilines is 2. The molecule has 0 aliphatic carbocycles. The lowest BCUT2D eigenvalue weighted by molar-refractivity contribution is -0.119. The van der Waals surface area contributed by atoms with Gasteiger partial charge in [-0.15, -0.1) is 0 Å². The van der Waals surface area contributed by atoms with Gasteiger partial charge in [0.15, 0.2) is 6.61 Å². The van der Waals surface area contributed by atoms with Crippen LogP contribution in [0.25, 0.3) is 0 Å². The van der Waals surface area contributed by atoms with E-state index in [2.05, 4.69) is 10.6 Å². The minimum Gasteiger partial charge on any atom is -0.452 e. The maximum absolute atomic E-state index is 13.0. The molecule has 0 saturated carbocycles. The van der Waals surface area contributed by atoms with Crippen LogP contribution in [-0.2, 0) is 29.1 Å². The summed E-state index contributed by atoms with van der Waals surface area (Å²) in [4.78, 5) is 36.0. The number of esters is 1. The molecule has 184 valence electrons. The van der Waals surface area contributed by atoms with Gasteiger partial charge in [-0.05, 0) is 48.9 Å². The number of nitrogens with zero attached hydrogens (tertiary/aromatic N) is 2. The van der Waals surface area contributed by atoms with Crippen LogP contribution in [0, 0.1) is 18.3 Å². The Labute approximate surface area is 202 Å². The number of benzene rings is 2. The lowest BCUT2D eigenvalue weighted by Crippen LogP contribution is -2.40. The number of morpholine rings is 1. The molecule has 0 bridgehead atoms. The summed E-state index contributed by atoms with van der Waals surface area (Å²) < 4.78 is 37.5. The van der Waals surface area contributed by atoms with Gasteiger partial charge in [-0.3, -0.25) is 9.59 Å². The molecule has 2 aromatic rings. The number of amides is 2. The summed E-state index contributed by atoms with van der Waals surface area (Å²) >= 11 is 0. The Balaban J connectivity index is 1.58. The van der Waals surface area contributed by atoms with E-state index in [9.17, 15) is 22.8 Å². The number of nitrogens with one attached hydrogen (secondary N) is 2. The highest BCUT2D eigenvalue weighted by Gasteiger charge is 2.28. The molecule has 2 N–H and O–H groups in total. The summed E-state index contributed by atoms with van der Waals surface area (Å²) in [5, 5.41) is 13.5. The van der Waals surface area contributed by atoms with Gasteiger partial charge in [0.1, 0.15) is 6.42 Å². The SMILES string of the molecule is Cc1ccc(NC(=O)COC(=O)c2ccc(NC(=O)CC#N)cc2)cc1S(=O)(=O)N1CCOCC1. The third-order valence-electron chi connectivity index (χ3n) is 5.04. The van der Waals surface area contributed by atoms with Gasteiger partial charge in [-0.25, -0.2) is 13.2 Å². The number of ether oxygens (including phenoxy) is 2. The second-order valence-corrected chi connectivity index (χ2v) is 9.49. The number of nitriles is 1. The van der Waals surface area contributed by atoms with Crippen LogP contribution in [0.15, 0.2) is 47.4 Å².